The van der Waals surface area contributed by atoms with Gasteiger partial charge in [0.2, 0.25) is 5.91 Å². The predicted molar refractivity (Wildman–Crippen MR) is 112 cm³/mol. The minimum absolute atomic E-state index is 0.0713. The largest absolute Gasteiger partial charge is 0.349 e. The van der Waals surface area contributed by atoms with E-state index in [1.165, 1.54) is 10.7 Å². The number of hydrogen-bond acceptors (Lipinski definition) is 3. The fraction of sp³-hybridized carbons (Fsp3) is 0.261. The molecule has 0 unspecified atom stereocenters. The molecule has 0 radical (unpaired) electrons. The second kappa shape index (κ2) is 8.90. The summed E-state index contributed by atoms with van der Waals surface area (Å²) < 4.78 is 15.3. The Kier molecular flexibility index (Phi) is 5.88. The van der Waals surface area contributed by atoms with Gasteiger partial charge in [-0.05, 0) is 49.9 Å². The van der Waals surface area contributed by atoms with Gasteiger partial charge in [0.15, 0.2) is 5.82 Å². The Morgan fingerprint density at radius 3 is 2.37 bits per heavy atom. The Hall–Kier alpha value is -3.48. The molecule has 7 heteroatoms. The number of rotatable bonds is 5. The van der Waals surface area contributed by atoms with E-state index < -0.39 is 0 Å². The topological polar surface area (TPSA) is 76.0 Å². The van der Waals surface area contributed by atoms with Gasteiger partial charge in [-0.2, -0.15) is 0 Å². The molecule has 0 spiro atoms. The lowest BCUT2D eigenvalue weighted by molar-refractivity contribution is -0.120. The van der Waals surface area contributed by atoms with Crippen LogP contribution in [0.5, 0.6) is 0 Å². The lowest BCUT2D eigenvalue weighted by Crippen LogP contribution is -2.39. The lowest BCUT2D eigenvalue weighted by Gasteiger charge is -2.28. The second-order valence-corrected chi connectivity index (χ2v) is 7.47. The van der Waals surface area contributed by atoms with Gasteiger partial charge in [0.05, 0.1) is 0 Å². The molecule has 1 fully saturated rings. The zero-order valence-corrected chi connectivity index (χ0v) is 16.4. The molecule has 2 amide bonds. The number of benzene rings is 2. The van der Waals surface area contributed by atoms with E-state index in [1.807, 2.05) is 18.2 Å². The summed E-state index contributed by atoms with van der Waals surface area (Å²) >= 11 is 0. The molecule has 0 saturated heterocycles. The van der Waals surface area contributed by atoms with Gasteiger partial charge in [-0.25, -0.2) is 9.07 Å². The second-order valence-electron chi connectivity index (χ2n) is 7.47. The van der Waals surface area contributed by atoms with Crippen LogP contribution in [-0.2, 0) is 4.79 Å². The standard InChI is InChI=1S/C23H23FN4O2/c24-19-8-4-5-9-20(19)28-15-14-21(27-28)26-23(30)17-10-12-18(13-11-17)25-22(29)16-6-2-1-3-7-16/h1-9,14-15,17-18H,10-13H2,(H,25,29)(H,26,27,30). The quantitative estimate of drug-likeness (QED) is 0.674. The van der Waals surface area contributed by atoms with Crippen LogP contribution in [0.3, 0.4) is 0 Å². The van der Waals surface area contributed by atoms with Crippen molar-refractivity contribution in [2.75, 3.05) is 5.32 Å². The summed E-state index contributed by atoms with van der Waals surface area (Å²) in [6, 6.07) is 17.2. The van der Waals surface area contributed by atoms with Crippen LogP contribution in [-0.4, -0.2) is 27.6 Å². The molecule has 2 aromatic carbocycles. The molecule has 0 aliphatic heterocycles. The van der Waals surface area contributed by atoms with Gasteiger partial charge in [-0.1, -0.05) is 30.3 Å². The first kappa shape index (κ1) is 19.8. The van der Waals surface area contributed by atoms with Crippen LogP contribution in [0, 0.1) is 11.7 Å². The normalized spacial score (nSPS) is 18.6. The van der Waals surface area contributed by atoms with Crippen LogP contribution in [0.1, 0.15) is 36.0 Å². The van der Waals surface area contributed by atoms with Crippen LogP contribution in [0.25, 0.3) is 5.69 Å². The Morgan fingerprint density at radius 2 is 1.63 bits per heavy atom. The third-order valence-corrected chi connectivity index (χ3v) is 5.41. The predicted octanol–water partition coefficient (Wildman–Crippen LogP) is 3.94. The Balaban J connectivity index is 1.29. The Labute approximate surface area is 174 Å². The molecule has 6 nitrogen and oxygen atoms in total. The molecule has 1 aliphatic rings. The highest BCUT2D eigenvalue weighted by Crippen LogP contribution is 2.26. The highest BCUT2D eigenvalue weighted by Gasteiger charge is 2.27. The fourth-order valence-corrected chi connectivity index (χ4v) is 3.75. The maximum Gasteiger partial charge on any atom is 0.251 e. The summed E-state index contributed by atoms with van der Waals surface area (Å²) in [6.45, 7) is 0. The summed E-state index contributed by atoms with van der Waals surface area (Å²) in [5.74, 6) is -0.297. The van der Waals surface area contributed by atoms with Crippen LogP contribution >= 0.6 is 0 Å². The molecule has 0 atom stereocenters. The third kappa shape index (κ3) is 4.56. The fourth-order valence-electron chi connectivity index (χ4n) is 3.75. The van der Waals surface area contributed by atoms with Crippen molar-refractivity contribution in [1.29, 1.82) is 0 Å². The molecule has 2 N–H and O–H groups in total. The van der Waals surface area contributed by atoms with Crippen molar-refractivity contribution in [3.63, 3.8) is 0 Å². The van der Waals surface area contributed by atoms with E-state index >= 15 is 0 Å². The van der Waals surface area contributed by atoms with Gasteiger partial charge < -0.3 is 10.6 Å². The zero-order valence-electron chi connectivity index (χ0n) is 16.4. The lowest BCUT2D eigenvalue weighted by atomic mass is 9.85. The number of nitrogens with one attached hydrogen (secondary N) is 2. The highest BCUT2D eigenvalue weighted by atomic mass is 19.1. The number of para-hydroxylation sites is 1. The molecular formula is C23H23FN4O2. The molecular weight excluding hydrogens is 383 g/mol. The van der Waals surface area contributed by atoms with Crippen molar-refractivity contribution in [2.24, 2.45) is 5.92 Å². The summed E-state index contributed by atoms with van der Waals surface area (Å²) in [7, 11) is 0. The van der Waals surface area contributed by atoms with Crippen molar-refractivity contribution >= 4 is 17.6 Å². The molecule has 1 aliphatic carbocycles. The maximum absolute atomic E-state index is 13.9. The molecule has 1 aromatic heterocycles. The number of amides is 2. The number of halogens is 1. The average molecular weight is 406 g/mol. The monoisotopic (exact) mass is 406 g/mol. The Bertz CT molecular complexity index is 1030. The van der Waals surface area contributed by atoms with E-state index in [9.17, 15) is 14.0 Å². The number of anilines is 1. The molecule has 1 heterocycles. The molecule has 3 aromatic rings. The van der Waals surface area contributed by atoms with Gasteiger partial charge in [0.25, 0.3) is 5.91 Å². The van der Waals surface area contributed by atoms with Crippen LogP contribution in [0.4, 0.5) is 10.2 Å². The zero-order chi connectivity index (χ0) is 20.9. The van der Waals surface area contributed by atoms with Gasteiger partial charge in [0, 0.05) is 29.8 Å². The maximum atomic E-state index is 13.9. The van der Waals surface area contributed by atoms with E-state index in [-0.39, 0.29) is 29.6 Å². The first-order valence-electron chi connectivity index (χ1n) is 10.1. The van der Waals surface area contributed by atoms with Gasteiger partial charge >= 0.3 is 0 Å². The summed E-state index contributed by atoms with van der Waals surface area (Å²) in [6.07, 6.45) is 4.50. The van der Waals surface area contributed by atoms with E-state index in [1.54, 1.807) is 42.6 Å². The number of aromatic nitrogens is 2. The summed E-state index contributed by atoms with van der Waals surface area (Å²) in [5, 5.41) is 10.1. The van der Waals surface area contributed by atoms with Crippen LogP contribution in [0.15, 0.2) is 66.9 Å². The van der Waals surface area contributed by atoms with Crippen molar-refractivity contribution in [3.8, 4) is 5.69 Å². The smallest absolute Gasteiger partial charge is 0.251 e. The highest BCUT2D eigenvalue weighted by molar-refractivity contribution is 5.94. The van der Waals surface area contributed by atoms with Gasteiger partial charge in [-0.15, -0.1) is 5.10 Å². The first-order valence-corrected chi connectivity index (χ1v) is 10.1. The van der Waals surface area contributed by atoms with Crippen LogP contribution in [0.2, 0.25) is 0 Å². The number of hydrogen-bond donors (Lipinski definition) is 2. The van der Waals surface area contributed by atoms with E-state index in [0.717, 1.165) is 12.8 Å². The van der Waals surface area contributed by atoms with Crippen molar-refractivity contribution in [3.05, 3.63) is 78.2 Å². The SMILES string of the molecule is O=C(NC1CCC(C(=O)Nc2ccn(-c3ccccc3F)n2)CC1)c1ccccc1. The Morgan fingerprint density at radius 1 is 0.933 bits per heavy atom. The van der Waals surface area contributed by atoms with Gasteiger partial charge in [-0.3, -0.25) is 9.59 Å². The number of carbonyl (C=O) groups excluding carboxylic acids is 2. The average Bonchev–Trinajstić information content (AvgIpc) is 3.23. The van der Waals surface area contributed by atoms with Gasteiger partial charge in [0.1, 0.15) is 11.5 Å². The minimum Gasteiger partial charge on any atom is -0.349 e. The van der Waals surface area contributed by atoms with Crippen molar-refractivity contribution in [1.82, 2.24) is 15.1 Å². The van der Waals surface area contributed by atoms with Crippen molar-refractivity contribution in [2.45, 2.75) is 31.7 Å². The van der Waals surface area contributed by atoms with Crippen LogP contribution < -0.4 is 10.6 Å². The first-order chi connectivity index (χ1) is 14.6. The molecule has 4 rings (SSSR count). The van der Waals surface area contributed by atoms with E-state index in [4.69, 9.17) is 0 Å². The molecule has 0 bridgehead atoms. The number of carbonyl (C=O) groups is 2. The summed E-state index contributed by atoms with van der Waals surface area (Å²) in [4.78, 5) is 24.9. The van der Waals surface area contributed by atoms with E-state index in [0.29, 0.717) is 29.9 Å². The minimum atomic E-state index is -0.380. The molecule has 154 valence electrons. The summed E-state index contributed by atoms with van der Waals surface area (Å²) in [5.41, 5.74) is 0.968. The van der Waals surface area contributed by atoms with E-state index in [2.05, 4.69) is 15.7 Å². The van der Waals surface area contributed by atoms with Crippen molar-refractivity contribution < 1.29 is 14.0 Å². The molecule has 30 heavy (non-hydrogen) atoms. The number of nitrogens with zero attached hydrogens (tertiary/aromatic N) is 2. The third-order valence-electron chi connectivity index (χ3n) is 5.41. The molecule has 1 saturated carbocycles.